The number of ether oxygens (including phenoxy) is 2. The van der Waals surface area contributed by atoms with Crippen molar-refractivity contribution in [2.45, 2.75) is 32.7 Å². The van der Waals surface area contributed by atoms with Gasteiger partial charge in [0, 0.05) is 0 Å². The van der Waals surface area contributed by atoms with Crippen molar-refractivity contribution in [3.8, 4) is 5.75 Å². The highest BCUT2D eigenvalue weighted by Crippen LogP contribution is 2.13. The minimum Gasteiger partial charge on any atom is -0.491 e. The second kappa shape index (κ2) is 7.27. The van der Waals surface area contributed by atoms with Gasteiger partial charge >= 0.3 is 0 Å². The van der Waals surface area contributed by atoms with E-state index < -0.39 is 6.10 Å². The van der Waals surface area contributed by atoms with Crippen molar-refractivity contribution in [1.82, 2.24) is 0 Å². The molecule has 0 heterocycles. The first-order valence-electron chi connectivity index (χ1n) is 5.74. The van der Waals surface area contributed by atoms with Gasteiger partial charge in [0.1, 0.15) is 18.5 Å². The number of hydrogen-bond acceptors (Lipinski definition) is 4. The van der Waals surface area contributed by atoms with Crippen LogP contribution in [-0.4, -0.2) is 35.6 Å². The minimum atomic E-state index is -0.643. The molecule has 0 amide bonds. The molecule has 17 heavy (non-hydrogen) atoms. The molecule has 0 fully saturated rings. The van der Waals surface area contributed by atoms with Gasteiger partial charge < -0.3 is 19.7 Å². The van der Waals surface area contributed by atoms with Crippen molar-refractivity contribution in [3.63, 3.8) is 0 Å². The average Bonchev–Trinajstić information content (AvgIpc) is 2.34. The van der Waals surface area contributed by atoms with E-state index in [0.717, 1.165) is 5.56 Å². The molecule has 1 rings (SSSR count). The zero-order valence-electron chi connectivity index (χ0n) is 10.3. The molecule has 0 radical (unpaired) electrons. The van der Waals surface area contributed by atoms with Crippen LogP contribution in [0.15, 0.2) is 24.3 Å². The van der Waals surface area contributed by atoms with Crippen LogP contribution in [0.4, 0.5) is 0 Å². The van der Waals surface area contributed by atoms with Crippen LogP contribution >= 0.6 is 0 Å². The fourth-order valence-corrected chi connectivity index (χ4v) is 1.28. The topological polar surface area (TPSA) is 58.9 Å². The molecule has 96 valence electrons. The van der Waals surface area contributed by atoms with Crippen LogP contribution in [0.1, 0.15) is 19.4 Å². The Labute approximate surface area is 102 Å². The Hall–Kier alpha value is -1.10. The molecule has 4 heteroatoms. The summed E-state index contributed by atoms with van der Waals surface area (Å²) in [6.45, 7) is 4.26. The van der Waals surface area contributed by atoms with E-state index in [4.69, 9.17) is 14.6 Å². The molecule has 0 aliphatic heterocycles. The van der Waals surface area contributed by atoms with E-state index in [1.165, 1.54) is 0 Å². The van der Waals surface area contributed by atoms with Crippen LogP contribution < -0.4 is 4.74 Å². The highest BCUT2D eigenvalue weighted by molar-refractivity contribution is 5.27. The lowest BCUT2D eigenvalue weighted by Crippen LogP contribution is -2.25. The third-order valence-electron chi connectivity index (χ3n) is 2.15. The fraction of sp³-hybridized carbons (Fsp3) is 0.538. The molecule has 0 bridgehead atoms. The molecule has 0 saturated carbocycles. The van der Waals surface area contributed by atoms with Crippen molar-refractivity contribution < 1.29 is 19.7 Å². The molecule has 1 aromatic carbocycles. The van der Waals surface area contributed by atoms with Crippen molar-refractivity contribution in [2.24, 2.45) is 0 Å². The summed E-state index contributed by atoms with van der Waals surface area (Å²) < 4.78 is 10.7. The molecule has 0 aliphatic rings. The van der Waals surface area contributed by atoms with Gasteiger partial charge in [-0.3, -0.25) is 0 Å². The average molecular weight is 240 g/mol. The van der Waals surface area contributed by atoms with Gasteiger partial charge in [0.05, 0.1) is 19.3 Å². The van der Waals surface area contributed by atoms with Crippen molar-refractivity contribution in [1.29, 1.82) is 0 Å². The fourth-order valence-electron chi connectivity index (χ4n) is 1.28. The summed E-state index contributed by atoms with van der Waals surface area (Å²) in [7, 11) is 0. The van der Waals surface area contributed by atoms with Crippen molar-refractivity contribution >= 4 is 0 Å². The molecule has 4 nitrogen and oxygen atoms in total. The largest absolute Gasteiger partial charge is 0.491 e. The maximum absolute atomic E-state index is 9.59. The first-order valence-corrected chi connectivity index (χ1v) is 5.74. The Balaban J connectivity index is 2.33. The SMILES string of the molecule is CC(C)OCC(O)COc1cccc(CO)c1. The summed E-state index contributed by atoms with van der Waals surface area (Å²) >= 11 is 0. The highest BCUT2D eigenvalue weighted by atomic mass is 16.5. The van der Waals surface area contributed by atoms with Crippen LogP contribution in [0.5, 0.6) is 5.75 Å². The number of aliphatic hydroxyl groups is 2. The van der Waals surface area contributed by atoms with Crippen LogP contribution in [0.3, 0.4) is 0 Å². The maximum Gasteiger partial charge on any atom is 0.119 e. The van der Waals surface area contributed by atoms with Gasteiger partial charge in [0.2, 0.25) is 0 Å². The minimum absolute atomic E-state index is 0.0176. The van der Waals surface area contributed by atoms with E-state index in [1.54, 1.807) is 18.2 Å². The van der Waals surface area contributed by atoms with Gasteiger partial charge in [-0.25, -0.2) is 0 Å². The second-order valence-corrected chi connectivity index (χ2v) is 4.15. The lowest BCUT2D eigenvalue weighted by molar-refractivity contribution is -0.0123. The highest BCUT2D eigenvalue weighted by Gasteiger charge is 2.07. The lowest BCUT2D eigenvalue weighted by atomic mass is 10.2. The predicted octanol–water partition coefficient (Wildman–Crippen LogP) is 1.34. The van der Waals surface area contributed by atoms with Crippen molar-refractivity contribution in [3.05, 3.63) is 29.8 Å². The number of aliphatic hydroxyl groups excluding tert-OH is 2. The Morgan fingerprint density at radius 2 is 2.00 bits per heavy atom. The van der Waals surface area contributed by atoms with Crippen LogP contribution in [0.25, 0.3) is 0 Å². The monoisotopic (exact) mass is 240 g/mol. The molecule has 1 atom stereocenters. The molecule has 1 unspecified atom stereocenters. The summed E-state index contributed by atoms with van der Waals surface area (Å²) in [5.74, 6) is 0.639. The van der Waals surface area contributed by atoms with E-state index in [1.807, 2.05) is 19.9 Å². The summed E-state index contributed by atoms with van der Waals surface area (Å²) in [5, 5.41) is 18.5. The summed E-state index contributed by atoms with van der Waals surface area (Å²) in [6, 6.07) is 7.15. The molecule has 0 spiro atoms. The van der Waals surface area contributed by atoms with Gasteiger partial charge in [0.15, 0.2) is 0 Å². The molecular formula is C13H20O4. The zero-order chi connectivity index (χ0) is 12.7. The molecule has 0 aromatic heterocycles. The quantitative estimate of drug-likeness (QED) is 0.755. The van der Waals surface area contributed by atoms with E-state index in [2.05, 4.69) is 0 Å². The molecule has 0 aliphatic carbocycles. The second-order valence-electron chi connectivity index (χ2n) is 4.15. The Kier molecular flexibility index (Phi) is 5.97. The Morgan fingerprint density at radius 3 is 2.65 bits per heavy atom. The van der Waals surface area contributed by atoms with Crippen LogP contribution in [-0.2, 0) is 11.3 Å². The van der Waals surface area contributed by atoms with E-state index in [9.17, 15) is 5.11 Å². The van der Waals surface area contributed by atoms with Crippen molar-refractivity contribution in [2.75, 3.05) is 13.2 Å². The first-order chi connectivity index (χ1) is 8.11. The summed E-state index contributed by atoms with van der Waals surface area (Å²) in [6.07, 6.45) is -0.544. The number of benzene rings is 1. The van der Waals surface area contributed by atoms with Gasteiger partial charge in [-0.2, -0.15) is 0 Å². The zero-order valence-corrected chi connectivity index (χ0v) is 10.3. The Morgan fingerprint density at radius 1 is 1.24 bits per heavy atom. The van der Waals surface area contributed by atoms with Gasteiger partial charge in [-0.1, -0.05) is 12.1 Å². The van der Waals surface area contributed by atoms with Crippen LogP contribution in [0, 0.1) is 0 Å². The van der Waals surface area contributed by atoms with Gasteiger partial charge in [-0.05, 0) is 31.5 Å². The summed E-state index contributed by atoms with van der Waals surface area (Å²) in [4.78, 5) is 0. The van der Waals surface area contributed by atoms with Gasteiger partial charge in [0.25, 0.3) is 0 Å². The van der Waals surface area contributed by atoms with Crippen LogP contribution in [0.2, 0.25) is 0 Å². The number of rotatable bonds is 7. The number of hydrogen-bond donors (Lipinski definition) is 2. The third-order valence-corrected chi connectivity index (χ3v) is 2.15. The first kappa shape index (κ1) is 14.0. The third kappa shape index (κ3) is 5.68. The Bertz CT molecular complexity index is 325. The summed E-state index contributed by atoms with van der Waals surface area (Å²) in [5.41, 5.74) is 0.787. The smallest absolute Gasteiger partial charge is 0.119 e. The molecular weight excluding hydrogens is 220 g/mol. The van der Waals surface area contributed by atoms with Gasteiger partial charge in [-0.15, -0.1) is 0 Å². The maximum atomic E-state index is 9.59. The normalized spacial score (nSPS) is 12.8. The van der Waals surface area contributed by atoms with E-state index >= 15 is 0 Å². The lowest BCUT2D eigenvalue weighted by Gasteiger charge is -2.14. The molecule has 0 saturated heterocycles. The molecule has 1 aromatic rings. The molecule has 2 N–H and O–H groups in total. The van der Waals surface area contributed by atoms with E-state index in [0.29, 0.717) is 5.75 Å². The van der Waals surface area contributed by atoms with E-state index in [-0.39, 0.29) is 25.9 Å². The standard InChI is InChI=1S/C13H20O4/c1-10(2)16-8-12(15)9-17-13-5-3-4-11(6-13)7-14/h3-6,10,12,14-15H,7-9H2,1-2H3. The predicted molar refractivity (Wildman–Crippen MR) is 65.0 cm³/mol.